The molecule has 2 N–H and O–H groups in total. The summed E-state index contributed by atoms with van der Waals surface area (Å²) in [7, 11) is 0. The lowest BCUT2D eigenvalue weighted by atomic mass is 9.94. The Morgan fingerprint density at radius 1 is 1.00 bits per heavy atom. The monoisotopic (exact) mass is 197 g/mol. The molecule has 3 atom stereocenters. The summed E-state index contributed by atoms with van der Waals surface area (Å²) in [6.07, 6.45) is 8.61. The molecule has 14 heavy (non-hydrogen) atoms. The van der Waals surface area contributed by atoms with E-state index in [9.17, 15) is 0 Å². The Balaban J connectivity index is 1.74. The van der Waals surface area contributed by atoms with Crippen LogP contribution in [0.25, 0.3) is 0 Å². The van der Waals surface area contributed by atoms with E-state index in [0.717, 1.165) is 25.7 Å². The number of hydrogen-bond acceptors (Lipinski definition) is 3. The molecule has 0 amide bonds. The maximum Gasteiger partial charge on any atom is 0.169 e. The van der Waals surface area contributed by atoms with Crippen molar-refractivity contribution in [2.45, 2.75) is 69.0 Å². The first kappa shape index (κ1) is 9.13. The van der Waals surface area contributed by atoms with Gasteiger partial charge in [0.1, 0.15) is 6.10 Å². The third-order valence-corrected chi connectivity index (χ3v) is 3.91. The fourth-order valence-corrected chi connectivity index (χ4v) is 3.13. The number of hydrogen-bond donors (Lipinski definition) is 1. The van der Waals surface area contributed by atoms with E-state index in [2.05, 4.69) is 0 Å². The molecular weight excluding hydrogens is 178 g/mol. The summed E-state index contributed by atoms with van der Waals surface area (Å²) in [5.74, 6) is -0.231. The van der Waals surface area contributed by atoms with Gasteiger partial charge < -0.3 is 15.2 Å². The van der Waals surface area contributed by atoms with E-state index in [1.165, 1.54) is 19.3 Å². The molecule has 3 nitrogen and oxygen atoms in total. The largest absolute Gasteiger partial charge is 0.344 e. The second-order valence-corrected chi connectivity index (χ2v) is 4.95. The quantitative estimate of drug-likeness (QED) is 0.641. The van der Waals surface area contributed by atoms with Gasteiger partial charge in [-0.3, -0.25) is 0 Å². The first-order valence-electron chi connectivity index (χ1n) is 5.90. The van der Waals surface area contributed by atoms with E-state index in [4.69, 9.17) is 15.2 Å². The van der Waals surface area contributed by atoms with Crippen molar-refractivity contribution in [3.63, 3.8) is 0 Å². The van der Waals surface area contributed by atoms with Crippen molar-refractivity contribution in [2.24, 2.45) is 5.73 Å². The van der Waals surface area contributed by atoms with Gasteiger partial charge in [0.15, 0.2) is 5.79 Å². The molecule has 2 saturated carbocycles. The average molecular weight is 197 g/mol. The highest BCUT2D eigenvalue weighted by Gasteiger charge is 2.52. The standard InChI is InChI=1S/C11H19NO2/c12-8-4-5-9-10(8)14-11(13-9)6-2-1-3-7-11/h8-10H,1-7,12H2. The highest BCUT2D eigenvalue weighted by Crippen LogP contribution is 2.44. The predicted octanol–water partition coefficient (Wildman–Crippen LogP) is 1.55. The summed E-state index contributed by atoms with van der Waals surface area (Å²) in [6.45, 7) is 0. The van der Waals surface area contributed by atoms with E-state index < -0.39 is 0 Å². The minimum atomic E-state index is -0.231. The zero-order chi connectivity index (χ0) is 9.60. The van der Waals surface area contributed by atoms with E-state index in [1.54, 1.807) is 0 Å². The molecule has 3 aliphatic rings. The van der Waals surface area contributed by atoms with Crippen LogP contribution >= 0.6 is 0 Å². The molecule has 3 fully saturated rings. The summed E-state index contributed by atoms with van der Waals surface area (Å²) >= 11 is 0. The van der Waals surface area contributed by atoms with Crippen LogP contribution in [0.2, 0.25) is 0 Å². The minimum absolute atomic E-state index is 0.188. The Labute approximate surface area is 84.9 Å². The lowest BCUT2D eigenvalue weighted by Crippen LogP contribution is -2.38. The molecule has 3 rings (SSSR count). The summed E-state index contributed by atoms with van der Waals surface area (Å²) in [5.41, 5.74) is 6.00. The van der Waals surface area contributed by atoms with Crippen molar-refractivity contribution < 1.29 is 9.47 Å². The van der Waals surface area contributed by atoms with E-state index in [-0.39, 0.29) is 17.9 Å². The number of rotatable bonds is 0. The van der Waals surface area contributed by atoms with E-state index >= 15 is 0 Å². The van der Waals surface area contributed by atoms with Crippen LogP contribution in [0.15, 0.2) is 0 Å². The Morgan fingerprint density at radius 3 is 2.50 bits per heavy atom. The molecule has 1 saturated heterocycles. The third kappa shape index (κ3) is 1.30. The number of ether oxygens (including phenoxy) is 2. The molecule has 3 heteroatoms. The molecule has 1 heterocycles. The summed E-state index contributed by atoms with van der Waals surface area (Å²) in [5, 5.41) is 0. The van der Waals surface area contributed by atoms with Crippen molar-refractivity contribution in [1.82, 2.24) is 0 Å². The molecule has 0 aromatic carbocycles. The second-order valence-electron chi connectivity index (χ2n) is 4.95. The molecular formula is C11H19NO2. The molecule has 3 unspecified atom stereocenters. The van der Waals surface area contributed by atoms with Crippen molar-refractivity contribution in [1.29, 1.82) is 0 Å². The first-order valence-corrected chi connectivity index (χ1v) is 5.90. The zero-order valence-corrected chi connectivity index (χ0v) is 8.58. The Hall–Kier alpha value is -0.120. The van der Waals surface area contributed by atoms with E-state index in [0.29, 0.717) is 6.10 Å². The lowest BCUT2D eigenvalue weighted by Gasteiger charge is -2.33. The SMILES string of the molecule is NC1CCC2OC3(CCCCC3)OC12. The van der Waals surface area contributed by atoms with Crippen LogP contribution in [0.1, 0.15) is 44.9 Å². The summed E-state index contributed by atoms with van der Waals surface area (Å²) in [4.78, 5) is 0. The van der Waals surface area contributed by atoms with Gasteiger partial charge in [-0.25, -0.2) is 0 Å². The number of nitrogens with two attached hydrogens (primary N) is 1. The van der Waals surface area contributed by atoms with Crippen LogP contribution in [-0.2, 0) is 9.47 Å². The second kappa shape index (κ2) is 3.19. The zero-order valence-electron chi connectivity index (χ0n) is 8.58. The predicted molar refractivity (Wildman–Crippen MR) is 52.8 cm³/mol. The fraction of sp³-hybridized carbons (Fsp3) is 1.00. The van der Waals surface area contributed by atoms with Gasteiger partial charge in [0, 0.05) is 18.9 Å². The van der Waals surface area contributed by atoms with Gasteiger partial charge in [-0.05, 0) is 25.7 Å². The van der Waals surface area contributed by atoms with Gasteiger partial charge >= 0.3 is 0 Å². The maximum atomic E-state index is 6.08. The van der Waals surface area contributed by atoms with Crippen LogP contribution in [0.3, 0.4) is 0 Å². The molecule has 0 aromatic heterocycles. The molecule has 0 aromatic rings. The highest BCUT2D eigenvalue weighted by atomic mass is 16.8. The van der Waals surface area contributed by atoms with Crippen LogP contribution in [-0.4, -0.2) is 24.0 Å². The Kier molecular flexibility index (Phi) is 2.08. The van der Waals surface area contributed by atoms with Crippen LogP contribution in [0.5, 0.6) is 0 Å². The Morgan fingerprint density at radius 2 is 1.79 bits per heavy atom. The normalized spacial score (nSPS) is 45.6. The van der Waals surface area contributed by atoms with Gasteiger partial charge in [0.05, 0.1) is 6.10 Å². The lowest BCUT2D eigenvalue weighted by molar-refractivity contribution is -0.199. The summed E-state index contributed by atoms with van der Waals surface area (Å²) in [6, 6.07) is 0.210. The minimum Gasteiger partial charge on any atom is -0.344 e. The fourth-order valence-electron chi connectivity index (χ4n) is 3.13. The molecule has 0 radical (unpaired) electrons. The van der Waals surface area contributed by atoms with Crippen molar-refractivity contribution >= 4 is 0 Å². The van der Waals surface area contributed by atoms with Crippen molar-refractivity contribution in [3.8, 4) is 0 Å². The average Bonchev–Trinajstić information content (AvgIpc) is 2.68. The van der Waals surface area contributed by atoms with Crippen LogP contribution in [0, 0.1) is 0 Å². The number of fused-ring (bicyclic) bond motifs is 1. The van der Waals surface area contributed by atoms with Crippen molar-refractivity contribution in [3.05, 3.63) is 0 Å². The molecule has 1 spiro atoms. The molecule has 1 aliphatic heterocycles. The maximum absolute atomic E-state index is 6.08. The summed E-state index contributed by atoms with van der Waals surface area (Å²) < 4.78 is 12.2. The highest BCUT2D eigenvalue weighted by molar-refractivity contribution is 4.97. The topological polar surface area (TPSA) is 44.5 Å². The molecule has 0 bridgehead atoms. The van der Waals surface area contributed by atoms with Crippen LogP contribution in [0.4, 0.5) is 0 Å². The van der Waals surface area contributed by atoms with E-state index in [1.807, 2.05) is 0 Å². The first-order chi connectivity index (χ1) is 6.79. The van der Waals surface area contributed by atoms with Gasteiger partial charge in [-0.2, -0.15) is 0 Å². The van der Waals surface area contributed by atoms with Gasteiger partial charge in [-0.1, -0.05) is 6.42 Å². The van der Waals surface area contributed by atoms with Crippen LogP contribution < -0.4 is 5.73 Å². The van der Waals surface area contributed by atoms with Gasteiger partial charge in [-0.15, -0.1) is 0 Å². The third-order valence-electron chi connectivity index (χ3n) is 3.91. The molecule has 80 valence electrons. The van der Waals surface area contributed by atoms with Gasteiger partial charge in [0.25, 0.3) is 0 Å². The van der Waals surface area contributed by atoms with Gasteiger partial charge in [0.2, 0.25) is 0 Å². The smallest absolute Gasteiger partial charge is 0.169 e. The molecule has 2 aliphatic carbocycles. The Bertz CT molecular complexity index is 225. The van der Waals surface area contributed by atoms with Crippen molar-refractivity contribution in [2.75, 3.05) is 0 Å².